The summed E-state index contributed by atoms with van der Waals surface area (Å²) >= 11 is 1.53. The summed E-state index contributed by atoms with van der Waals surface area (Å²) in [6, 6.07) is 13.3. The third-order valence-corrected chi connectivity index (χ3v) is 5.91. The minimum atomic E-state index is -0.810. The van der Waals surface area contributed by atoms with Crippen molar-refractivity contribution in [2.75, 3.05) is 10.7 Å². The van der Waals surface area contributed by atoms with Crippen LogP contribution < -0.4 is 9.64 Å². The number of rotatable bonds is 6. The number of para-hydroxylation sites is 1. The third-order valence-electron chi connectivity index (χ3n) is 4.99. The van der Waals surface area contributed by atoms with E-state index in [4.69, 9.17) is 4.74 Å². The Labute approximate surface area is 184 Å². The number of hydrogen-bond acceptors (Lipinski definition) is 6. The molecule has 2 aromatic carbocycles. The molecule has 4 rings (SSSR count). The van der Waals surface area contributed by atoms with Crippen LogP contribution in [0.3, 0.4) is 0 Å². The minimum absolute atomic E-state index is 0.211. The van der Waals surface area contributed by atoms with Gasteiger partial charge in [0.25, 0.3) is 0 Å². The first-order valence-electron chi connectivity index (χ1n) is 10.3. The van der Waals surface area contributed by atoms with Crippen molar-refractivity contribution in [3.8, 4) is 17.1 Å². The maximum Gasteiger partial charge on any atom is 0.247 e. The van der Waals surface area contributed by atoms with Gasteiger partial charge < -0.3 is 4.74 Å². The van der Waals surface area contributed by atoms with E-state index >= 15 is 0 Å². The molecule has 0 fully saturated rings. The Morgan fingerprint density at radius 1 is 1.13 bits per heavy atom. The number of carbonyl (C=O) groups excluding carboxylic acids is 1. The summed E-state index contributed by atoms with van der Waals surface area (Å²) in [4.78, 5) is 18.9. The van der Waals surface area contributed by atoms with Crippen LogP contribution in [-0.2, 0) is 4.79 Å². The number of nitrogens with zero attached hydrogens (tertiary/aromatic N) is 4. The highest BCUT2D eigenvalue weighted by molar-refractivity contribution is 7.99. The highest BCUT2D eigenvalue weighted by atomic mass is 32.2. The number of amides is 1. The summed E-state index contributed by atoms with van der Waals surface area (Å²) < 4.78 is 19.8. The largest absolute Gasteiger partial charge is 0.447 e. The van der Waals surface area contributed by atoms with Crippen molar-refractivity contribution in [1.82, 2.24) is 15.2 Å². The van der Waals surface area contributed by atoms with E-state index in [1.807, 2.05) is 24.3 Å². The number of benzene rings is 2. The van der Waals surface area contributed by atoms with Crippen molar-refractivity contribution in [2.45, 2.75) is 44.5 Å². The standard InChI is InChI=1S/C23H23FN4O2S/c1-3-4-7-14-31-23-25-21-20(26-27-23)18-8-5-6-9-19(18)28(15(2)29)22(30-21)16-10-12-17(24)13-11-16/h5-6,8-13,22H,3-4,7,14H2,1-2H3. The van der Waals surface area contributed by atoms with Gasteiger partial charge in [0.2, 0.25) is 23.2 Å². The second-order valence-electron chi connectivity index (χ2n) is 7.23. The highest BCUT2D eigenvalue weighted by Gasteiger charge is 2.34. The SMILES string of the molecule is CCCCCSc1nnc2c(n1)OC(c1ccc(F)cc1)N(C(C)=O)c1ccccc1-2. The molecule has 0 radical (unpaired) electrons. The van der Waals surface area contributed by atoms with Crippen LogP contribution in [0.25, 0.3) is 11.3 Å². The zero-order chi connectivity index (χ0) is 21.8. The van der Waals surface area contributed by atoms with Crippen LogP contribution in [0.15, 0.2) is 53.7 Å². The summed E-state index contributed by atoms with van der Waals surface area (Å²) in [6.07, 6.45) is 2.55. The maximum absolute atomic E-state index is 13.5. The lowest BCUT2D eigenvalue weighted by Gasteiger charge is -2.29. The molecule has 1 aliphatic heterocycles. The molecule has 6 nitrogen and oxygen atoms in total. The molecular weight excluding hydrogens is 415 g/mol. The molecule has 0 spiro atoms. The molecule has 1 unspecified atom stereocenters. The van der Waals surface area contributed by atoms with Gasteiger partial charge in [0, 0.05) is 23.8 Å². The molecule has 1 amide bonds. The number of hydrogen-bond donors (Lipinski definition) is 0. The van der Waals surface area contributed by atoms with Crippen LogP contribution in [-0.4, -0.2) is 26.8 Å². The molecule has 0 saturated carbocycles. The lowest BCUT2D eigenvalue weighted by molar-refractivity contribution is -0.118. The quantitative estimate of drug-likeness (QED) is 0.379. The van der Waals surface area contributed by atoms with E-state index in [9.17, 15) is 9.18 Å². The fraction of sp³-hybridized carbons (Fsp3) is 0.304. The maximum atomic E-state index is 13.5. The molecule has 31 heavy (non-hydrogen) atoms. The summed E-state index contributed by atoms with van der Waals surface area (Å²) in [6.45, 7) is 3.63. The molecule has 160 valence electrons. The van der Waals surface area contributed by atoms with E-state index in [1.54, 1.807) is 17.0 Å². The first kappa shape index (κ1) is 21.2. The van der Waals surface area contributed by atoms with E-state index in [0.29, 0.717) is 33.5 Å². The van der Waals surface area contributed by atoms with E-state index < -0.39 is 6.23 Å². The monoisotopic (exact) mass is 438 g/mol. The molecule has 1 aliphatic rings. The zero-order valence-electron chi connectivity index (χ0n) is 17.4. The molecule has 2 heterocycles. The number of carbonyl (C=O) groups is 1. The van der Waals surface area contributed by atoms with E-state index in [-0.39, 0.29) is 11.7 Å². The highest BCUT2D eigenvalue weighted by Crippen LogP contribution is 2.43. The molecule has 0 aliphatic carbocycles. The van der Waals surface area contributed by atoms with Gasteiger partial charge in [0.15, 0.2) is 5.69 Å². The van der Waals surface area contributed by atoms with Crippen molar-refractivity contribution in [3.05, 3.63) is 59.9 Å². The smallest absolute Gasteiger partial charge is 0.247 e. The average molecular weight is 439 g/mol. The van der Waals surface area contributed by atoms with Crippen molar-refractivity contribution < 1.29 is 13.9 Å². The van der Waals surface area contributed by atoms with E-state index in [2.05, 4.69) is 22.1 Å². The number of fused-ring (bicyclic) bond motifs is 3. The van der Waals surface area contributed by atoms with Gasteiger partial charge in [-0.05, 0) is 24.6 Å². The Morgan fingerprint density at radius 2 is 1.90 bits per heavy atom. The number of unbranched alkanes of at least 4 members (excludes halogenated alkanes) is 2. The normalized spacial score (nSPS) is 14.9. The summed E-state index contributed by atoms with van der Waals surface area (Å²) in [5, 5.41) is 9.21. The number of anilines is 1. The molecular formula is C23H23FN4O2S. The number of thioether (sulfide) groups is 1. The summed E-state index contributed by atoms with van der Waals surface area (Å²) in [7, 11) is 0. The topological polar surface area (TPSA) is 68.2 Å². The van der Waals surface area contributed by atoms with Crippen molar-refractivity contribution >= 4 is 23.4 Å². The van der Waals surface area contributed by atoms with Gasteiger partial charge in [-0.25, -0.2) is 4.39 Å². The Hall–Kier alpha value is -3.00. The lowest BCUT2D eigenvalue weighted by atomic mass is 10.1. The van der Waals surface area contributed by atoms with Gasteiger partial charge in [-0.1, -0.05) is 61.9 Å². The molecule has 8 heteroatoms. The molecule has 1 aromatic heterocycles. The van der Waals surface area contributed by atoms with Gasteiger partial charge in [-0.15, -0.1) is 10.2 Å². The van der Waals surface area contributed by atoms with Crippen LogP contribution in [0.1, 0.15) is 44.9 Å². The summed E-state index contributed by atoms with van der Waals surface area (Å²) in [5.41, 5.74) is 2.46. The van der Waals surface area contributed by atoms with Crippen LogP contribution in [0.4, 0.5) is 10.1 Å². The van der Waals surface area contributed by atoms with Crippen LogP contribution in [0.5, 0.6) is 5.88 Å². The van der Waals surface area contributed by atoms with E-state index in [0.717, 1.165) is 25.0 Å². The van der Waals surface area contributed by atoms with Crippen molar-refractivity contribution in [1.29, 1.82) is 0 Å². The number of ether oxygens (including phenoxy) is 1. The third kappa shape index (κ3) is 4.54. The van der Waals surface area contributed by atoms with Gasteiger partial charge in [-0.3, -0.25) is 9.69 Å². The predicted molar refractivity (Wildman–Crippen MR) is 118 cm³/mol. The Bertz CT molecular complexity index is 1080. The van der Waals surface area contributed by atoms with Gasteiger partial charge in [0.1, 0.15) is 5.82 Å². The Kier molecular flexibility index (Phi) is 6.46. The van der Waals surface area contributed by atoms with Gasteiger partial charge >= 0.3 is 0 Å². The van der Waals surface area contributed by atoms with Gasteiger partial charge in [0.05, 0.1) is 5.69 Å². The van der Waals surface area contributed by atoms with Crippen LogP contribution in [0, 0.1) is 5.82 Å². The van der Waals surface area contributed by atoms with Crippen molar-refractivity contribution in [3.63, 3.8) is 0 Å². The first-order chi connectivity index (χ1) is 15.1. The van der Waals surface area contributed by atoms with Crippen molar-refractivity contribution in [2.24, 2.45) is 0 Å². The predicted octanol–water partition coefficient (Wildman–Crippen LogP) is 5.40. The van der Waals surface area contributed by atoms with Gasteiger partial charge in [-0.2, -0.15) is 4.98 Å². The number of halogens is 1. The Balaban J connectivity index is 1.79. The molecule has 0 saturated heterocycles. The van der Waals surface area contributed by atoms with Crippen LogP contribution in [0.2, 0.25) is 0 Å². The summed E-state index contributed by atoms with van der Waals surface area (Å²) in [5.74, 6) is 0.629. The fourth-order valence-corrected chi connectivity index (χ4v) is 4.25. The molecule has 3 aromatic rings. The zero-order valence-corrected chi connectivity index (χ0v) is 18.2. The van der Waals surface area contributed by atoms with Crippen LogP contribution >= 0.6 is 11.8 Å². The number of aromatic nitrogens is 3. The molecule has 0 N–H and O–H groups in total. The second kappa shape index (κ2) is 9.43. The second-order valence-corrected chi connectivity index (χ2v) is 8.29. The minimum Gasteiger partial charge on any atom is -0.447 e. The lowest BCUT2D eigenvalue weighted by Crippen LogP contribution is -2.36. The average Bonchev–Trinajstić information content (AvgIpc) is 2.91. The molecule has 1 atom stereocenters. The first-order valence-corrected chi connectivity index (χ1v) is 11.3. The van der Waals surface area contributed by atoms with E-state index in [1.165, 1.54) is 30.8 Å². The Morgan fingerprint density at radius 3 is 2.65 bits per heavy atom. The fourth-order valence-electron chi connectivity index (χ4n) is 3.47. The molecule has 0 bridgehead atoms.